The summed E-state index contributed by atoms with van der Waals surface area (Å²) in [7, 11) is 1.48. The van der Waals surface area contributed by atoms with Crippen LogP contribution in [0.15, 0.2) is 0 Å². The van der Waals surface area contributed by atoms with E-state index >= 15 is 0 Å². The molecule has 5 nitrogen and oxygen atoms in total. The van der Waals surface area contributed by atoms with Crippen LogP contribution in [0.1, 0.15) is 34.1 Å². The molecule has 0 aliphatic carbocycles. The minimum absolute atomic E-state index is 0.0307. The number of nitrogens with one attached hydrogen (secondary N) is 1. The molecule has 0 aromatic heterocycles. The van der Waals surface area contributed by atoms with Gasteiger partial charge in [-0.1, -0.05) is 20.8 Å². The summed E-state index contributed by atoms with van der Waals surface area (Å²) in [5, 5.41) is 11.5. The van der Waals surface area contributed by atoms with E-state index < -0.39 is 12.0 Å². The molecule has 0 saturated heterocycles. The van der Waals surface area contributed by atoms with Gasteiger partial charge in [-0.3, -0.25) is 0 Å². The Hall–Kier alpha value is -1.26. The van der Waals surface area contributed by atoms with Crippen molar-refractivity contribution in [2.75, 3.05) is 13.6 Å². The molecule has 0 radical (unpaired) electrons. The van der Waals surface area contributed by atoms with E-state index in [1.807, 2.05) is 13.8 Å². The Balaban J connectivity index is 4.22. The topological polar surface area (TPSA) is 69.6 Å². The van der Waals surface area contributed by atoms with Crippen LogP contribution in [0.3, 0.4) is 0 Å². The van der Waals surface area contributed by atoms with Crippen LogP contribution in [0.25, 0.3) is 0 Å². The quantitative estimate of drug-likeness (QED) is 0.752. The number of hydrogen-bond acceptors (Lipinski definition) is 2. The van der Waals surface area contributed by atoms with Gasteiger partial charge in [-0.05, 0) is 18.8 Å². The third-order valence-electron chi connectivity index (χ3n) is 2.93. The lowest BCUT2D eigenvalue weighted by molar-refractivity contribution is -0.141. The second kappa shape index (κ2) is 5.72. The molecule has 0 rings (SSSR count). The van der Waals surface area contributed by atoms with Crippen LogP contribution in [0, 0.1) is 5.41 Å². The molecule has 5 heteroatoms. The fourth-order valence-corrected chi connectivity index (χ4v) is 0.906. The number of hydrogen-bond donors (Lipinski definition) is 2. The van der Waals surface area contributed by atoms with Crippen LogP contribution in [0.2, 0.25) is 0 Å². The maximum Gasteiger partial charge on any atom is 0.326 e. The maximum absolute atomic E-state index is 11.6. The van der Waals surface area contributed by atoms with Gasteiger partial charge in [0.15, 0.2) is 0 Å². The Bertz CT molecular complexity index is 264. The highest BCUT2D eigenvalue weighted by Crippen LogP contribution is 2.17. The van der Waals surface area contributed by atoms with Gasteiger partial charge in [-0.15, -0.1) is 0 Å². The Labute approximate surface area is 96.8 Å². The van der Waals surface area contributed by atoms with E-state index in [4.69, 9.17) is 5.11 Å². The van der Waals surface area contributed by atoms with Crippen molar-refractivity contribution < 1.29 is 14.7 Å². The SMILES string of the molecule is CCC(C)(C)CNC(=O)N(C)C(C)C(=O)O. The number of carboxylic acids is 1. The van der Waals surface area contributed by atoms with Gasteiger partial charge in [0, 0.05) is 13.6 Å². The third kappa shape index (κ3) is 4.51. The smallest absolute Gasteiger partial charge is 0.326 e. The van der Waals surface area contributed by atoms with Gasteiger partial charge in [-0.25, -0.2) is 9.59 Å². The Kier molecular flexibility index (Phi) is 5.27. The summed E-state index contributed by atoms with van der Waals surface area (Å²) in [6, 6.07) is -1.17. The number of carbonyl (C=O) groups is 2. The van der Waals surface area contributed by atoms with Crippen molar-refractivity contribution in [2.45, 2.75) is 40.2 Å². The Morgan fingerprint density at radius 2 is 1.94 bits per heavy atom. The minimum Gasteiger partial charge on any atom is -0.480 e. The summed E-state index contributed by atoms with van der Waals surface area (Å²) in [5.74, 6) is -1.01. The molecule has 2 amide bonds. The average Bonchev–Trinajstić information content (AvgIpc) is 2.23. The second-order valence-electron chi connectivity index (χ2n) is 4.80. The van der Waals surface area contributed by atoms with Gasteiger partial charge in [-0.2, -0.15) is 0 Å². The number of urea groups is 1. The monoisotopic (exact) mass is 230 g/mol. The van der Waals surface area contributed by atoms with Crippen LogP contribution in [-0.4, -0.2) is 41.6 Å². The first kappa shape index (κ1) is 14.7. The molecule has 1 unspecified atom stereocenters. The number of likely N-dealkylation sites (N-methyl/N-ethyl adjacent to an activating group) is 1. The van der Waals surface area contributed by atoms with Crippen molar-refractivity contribution in [1.29, 1.82) is 0 Å². The predicted octanol–water partition coefficient (Wildman–Crippen LogP) is 1.54. The van der Waals surface area contributed by atoms with E-state index in [1.54, 1.807) is 0 Å². The molecule has 0 aliphatic rings. The average molecular weight is 230 g/mol. The zero-order chi connectivity index (χ0) is 12.9. The van der Waals surface area contributed by atoms with Crippen molar-refractivity contribution in [3.05, 3.63) is 0 Å². The second-order valence-corrected chi connectivity index (χ2v) is 4.80. The standard InChI is InChI=1S/C11H22N2O3/c1-6-11(3,4)7-12-10(16)13(5)8(2)9(14)15/h8H,6-7H2,1-5H3,(H,12,16)(H,14,15). The van der Waals surface area contributed by atoms with E-state index in [0.29, 0.717) is 6.54 Å². The predicted molar refractivity (Wildman–Crippen MR) is 62.3 cm³/mol. The summed E-state index contributed by atoms with van der Waals surface area (Å²) in [5.41, 5.74) is 0.0307. The van der Waals surface area contributed by atoms with E-state index in [2.05, 4.69) is 12.2 Å². The minimum atomic E-state index is -1.01. The lowest BCUT2D eigenvalue weighted by Gasteiger charge is -2.27. The molecular formula is C11H22N2O3. The van der Waals surface area contributed by atoms with E-state index in [9.17, 15) is 9.59 Å². The molecule has 2 N–H and O–H groups in total. The number of rotatable bonds is 5. The van der Waals surface area contributed by atoms with Gasteiger partial charge >= 0.3 is 12.0 Å². The van der Waals surface area contributed by atoms with Gasteiger partial charge in [0.2, 0.25) is 0 Å². The lowest BCUT2D eigenvalue weighted by Crippen LogP contribution is -2.47. The molecule has 0 aromatic rings. The molecule has 0 spiro atoms. The molecule has 0 heterocycles. The van der Waals surface area contributed by atoms with Crippen molar-refractivity contribution in [3.8, 4) is 0 Å². The summed E-state index contributed by atoms with van der Waals surface area (Å²) in [4.78, 5) is 23.5. The van der Waals surface area contributed by atoms with E-state index in [0.717, 1.165) is 6.42 Å². The molecule has 0 fully saturated rings. The Morgan fingerprint density at radius 3 is 2.31 bits per heavy atom. The molecule has 16 heavy (non-hydrogen) atoms. The molecule has 0 aliphatic heterocycles. The summed E-state index contributed by atoms with van der Waals surface area (Å²) in [6.07, 6.45) is 0.950. The van der Waals surface area contributed by atoms with Gasteiger partial charge < -0.3 is 15.3 Å². The molecule has 1 atom stereocenters. The van der Waals surface area contributed by atoms with Crippen LogP contribution in [-0.2, 0) is 4.79 Å². The van der Waals surface area contributed by atoms with Gasteiger partial charge in [0.25, 0.3) is 0 Å². The van der Waals surface area contributed by atoms with Gasteiger partial charge in [0.05, 0.1) is 0 Å². The van der Waals surface area contributed by atoms with Crippen molar-refractivity contribution in [2.24, 2.45) is 5.41 Å². The zero-order valence-electron chi connectivity index (χ0n) is 10.7. The van der Waals surface area contributed by atoms with Crippen LogP contribution < -0.4 is 5.32 Å². The largest absolute Gasteiger partial charge is 0.480 e. The summed E-state index contributed by atoms with van der Waals surface area (Å²) in [6.45, 7) is 8.17. The van der Waals surface area contributed by atoms with Crippen LogP contribution >= 0.6 is 0 Å². The molecule has 94 valence electrons. The number of carboxylic acid groups (broad SMARTS) is 1. The fraction of sp³-hybridized carbons (Fsp3) is 0.818. The summed E-state index contributed by atoms with van der Waals surface area (Å²) < 4.78 is 0. The highest BCUT2D eigenvalue weighted by atomic mass is 16.4. The highest BCUT2D eigenvalue weighted by molar-refractivity contribution is 5.82. The maximum atomic E-state index is 11.6. The fourth-order valence-electron chi connectivity index (χ4n) is 0.906. The van der Waals surface area contributed by atoms with Crippen molar-refractivity contribution >= 4 is 12.0 Å². The molecule has 0 bridgehead atoms. The first-order valence-corrected chi connectivity index (χ1v) is 5.44. The van der Waals surface area contributed by atoms with Crippen LogP contribution in [0.5, 0.6) is 0 Å². The highest BCUT2D eigenvalue weighted by Gasteiger charge is 2.23. The molecule has 0 saturated carbocycles. The first-order chi connectivity index (χ1) is 7.21. The molecular weight excluding hydrogens is 208 g/mol. The number of carbonyl (C=O) groups excluding carboxylic acids is 1. The Morgan fingerprint density at radius 1 is 1.44 bits per heavy atom. The number of amides is 2. The first-order valence-electron chi connectivity index (χ1n) is 5.44. The van der Waals surface area contributed by atoms with Crippen LogP contribution in [0.4, 0.5) is 4.79 Å². The van der Waals surface area contributed by atoms with Gasteiger partial charge in [0.1, 0.15) is 6.04 Å². The van der Waals surface area contributed by atoms with Crippen molar-refractivity contribution in [1.82, 2.24) is 10.2 Å². The zero-order valence-corrected chi connectivity index (χ0v) is 10.7. The van der Waals surface area contributed by atoms with E-state index in [-0.39, 0.29) is 11.4 Å². The summed E-state index contributed by atoms with van der Waals surface area (Å²) >= 11 is 0. The van der Waals surface area contributed by atoms with Crippen molar-refractivity contribution in [3.63, 3.8) is 0 Å². The lowest BCUT2D eigenvalue weighted by atomic mass is 9.90. The molecule has 0 aromatic carbocycles. The number of aliphatic carboxylic acids is 1. The van der Waals surface area contributed by atoms with E-state index in [1.165, 1.54) is 18.9 Å². The normalized spacial score (nSPS) is 13.1. The third-order valence-corrected chi connectivity index (χ3v) is 2.93. The number of nitrogens with zero attached hydrogens (tertiary/aromatic N) is 1.